The number of piperidine rings is 1. The van der Waals surface area contributed by atoms with Gasteiger partial charge in [-0.1, -0.05) is 13.8 Å². The minimum absolute atomic E-state index is 0.0433. The molecule has 0 bridgehead atoms. The number of nitrogen functional groups attached to an aromatic ring is 1. The normalized spacial score (nSPS) is 17.1. The third kappa shape index (κ3) is 4.70. The summed E-state index contributed by atoms with van der Waals surface area (Å²) in [6.07, 6.45) is 5.57. The van der Waals surface area contributed by atoms with Crippen molar-refractivity contribution in [3.05, 3.63) is 42.2 Å². The molecule has 2 aromatic heterocycles. The van der Waals surface area contributed by atoms with Gasteiger partial charge >= 0.3 is 0 Å². The summed E-state index contributed by atoms with van der Waals surface area (Å²) in [6, 6.07) is 7.16. The Balaban J connectivity index is 1.68. The molecule has 1 aliphatic heterocycles. The molecule has 27 heavy (non-hydrogen) atoms. The lowest BCUT2D eigenvalue weighted by Crippen LogP contribution is -2.42. The quantitative estimate of drug-likeness (QED) is 0.878. The van der Waals surface area contributed by atoms with Crippen molar-refractivity contribution in [2.24, 2.45) is 11.8 Å². The molecule has 1 fully saturated rings. The second-order valence-electron chi connectivity index (χ2n) is 7.56. The number of ketones is 1. The van der Waals surface area contributed by atoms with E-state index < -0.39 is 0 Å². The summed E-state index contributed by atoms with van der Waals surface area (Å²) < 4.78 is 0. The van der Waals surface area contributed by atoms with E-state index >= 15 is 0 Å². The first-order valence-electron chi connectivity index (χ1n) is 9.44. The summed E-state index contributed by atoms with van der Waals surface area (Å²) in [5, 5.41) is 0. The first kappa shape index (κ1) is 19.0. The zero-order valence-electron chi connectivity index (χ0n) is 15.9. The van der Waals surface area contributed by atoms with Crippen LogP contribution in [0.25, 0.3) is 11.3 Å². The fraction of sp³-hybridized carbons (Fsp3) is 0.429. The van der Waals surface area contributed by atoms with Gasteiger partial charge in [0.1, 0.15) is 11.6 Å². The third-order valence-electron chi connectivity index (χ3n) is 4.87. The summed E-state index contributed by atoms with van der Waals surface area (Å²) in [5.74, 6) is 0.969. The maximum absolute atomic E-state index is 12.8. The fourth-order valence-corrected chi connectivity index (χ4v) is 3.42. The molecule has 6 nitrogen and oxygen atoms in total. The molecular weight excluding hydrogens is 340 g/mol. The lowest BCUT2D eigenvalue weighted by molar-refractivity contribution is -0.124. The second kappa shape index (κ2) is 8.29. The number of nitrogens with two attached hydrogens (primary N) is 1. The van der Waals surface area contributed by atoms with Crippen LogP contribution in [0.15, 0.2) is 36.7 Å². The van der Waals surface area contributed by atoms with Crippen molar-refractivity contribution < 1.29 is 9.59 Å². The minimum Gasteiger partial charge on any atom is -0.384 e. The fourth-order valence-electron chi connectivity index (χ4n) is 3.42. The highest BCUT2D eigenvalue weighted by Crippen LogP contribution is 2.23. The van der Waals surface area contributed by atoms with Crippen LogP contribution in [0, 0.1) is 11.8 Å². The van der Waals surface area contributed by atoms with Gasteiger partial charge in [0.2, 0.25) is 0 Å². The van der Waals surface area contributed by atoms with Crippen LogP contribution < -0.4 is 5.73 Å². The molecule has 3 heterocycles. The van der Waals surface area contributed by atoms with Gasteiger partial charge in [-0.05, 0) is 43.0 Å². The molecule has 1 atom stereocenters. The van der Waals surface area contributed by atoms with Gasteiger partial charge < -0.3 is 10.6 Å². The van der Waals surface area contributed by atoms with Crippen molar-refractivity contribution in [3.8, 4) is 11.3 Å². The smallest absolute Gasteiger partial charge is 0.255 e. The molecule has 0 aromatic carbocycles. The topological polar surface area (TPSA) is 89.2 Å². The number of pyridine rings is 2. The van der Waals surface area contributed by atoms with Gasteiger partial charge in [-0.3, -0.25) is 14.6 Å². The van der Waals surface area contributed by atoms with Gasteiger partial charge in [-0.25, -0.2) is 4.98 Å². The highest BCUT2D eigenvalue weighted by Gasteiger charge is 2.29. The number of amides is 1. The van der Waals surface area contributed by atoms with E-state index in [2.05, 4.69) is 9.97 Å². The molecular formula is C21H26N4O2. The van der Waals surface area contributed by atoms with Crippen molar-refractivity contribution in [2.75, 3.05) is 18.8 Å². The molecule has 2 N–H and O–H groups in total. The Hall–Kier alpha value is -2.76. The summed E-state index contributed by atoms with van der Waals surface area (Å²) in [6.45, 7) is 5.29. The summed E-state index contributed by atoms with van der Waals surface area (Å²) in [5.41, 5.74) is 7.73. The molecule has 0 radical (unpaired) electrons. The Bertz CT molecular complexity index is 800. The zero-order valence-corrected chi connectivity index (χ0v) is 15.9. The van der Waals surface area contributed by atoms with E-state index in [4.69, 9.17) is 5.73 Å². The number of hydrogen-bond donors (Lipinski definition) is 1. The molecule has 1 aliphatic rings. The van der Waals surface area contributed by atoms with E-state index in [9.17, 15) is 9.59 Å². The van der Waals surface area contributed by atoms with E-state index in [0.29, 0.717) is 36.8 Å². The van der Waals surface area contributed by atoms with Gasteiger partial charge in [0, 0.05) is 43.4 Å². The molecule has 0 saturated carbocycles. The van der Waals surface area contributed by atoms with Crippen molar-refractivity contribution >= 4 is 17.5 Å². The molecule has 6 heteroatoms. The van der Waals surface area contributed by atoms with Crippen LogP contribution in [0.3, 0.4) is 0 Å². The highest BCUT2D eigenvalue weighted by atomic mass is 16.2. The van der Waals surface area contributed by atoms with E-state index in [1.165, 1.54) is 0 Å². The van der Waals surface area contributed by atoms with Crippen molar-refractivity contribution in [1.82, 2.24) is 14.9 Å². The Labute approximate surface area is 159 Å². The van der Waals surface area contributed by atoms with Crippen molar-refractivity contribution in [1.29, 1.82) is 0 Å². The maximum atomic E-state index is 12.8. The van der Waals surface area contributed by atoms with Crippen LogP contribution in [0.2, 0.25) is 0 Å². The number of likely N-dealkylation sites (tertiary alicyclic amines) is 1. The van der Waals surface area contributed by atoms with Crippen LogP contribution in [-0.4, -0.2) is 39.6 Å². The molecule has 142 valence electrons. The van der Waals surface area contributed by atoms with Crippen LogP contribution >= 0.6 is 0 Å². The van der Waals surface area contributed by atoms with E-state index in [-0.39, 0.29) is 17.6 Å². The Kier molecular flexibility index (Phi) is 5.84. The first-order valence-corrected chi connectivity index (χ1v) is 9.44. The molecule has 1 saturated heterocycles. The van der Waals surface area contributed by atoms with Gasteiger partial charge in [0.15, 0.2) is 0 Å². The van der Waals surface area contributed by atoms with Crippen LogP contribution in [0.4, 0.5) is 5.82 Å². The Morgan fingerprint density at radius 1 is 1.19 bits per heavy atom. The molecule has 0 spiro atoms. The third-order valence-corrected chi connectivity index (χ3v) is 4.87. The first-order chi connectivity index (χ1) is 12.9. The number of nitrogens with zero attached hydrogens (tertiary/aromatic N) is 3. The summed E-state index contributed by atoms with van der Waals surface area (Å²) in [4.78, 5) is 35.4. The molecule has 0 unspecified atom stereocenters. The van der Waals surface area contributed by atoms with Crippen molar-refractivity contribution in [2.45, 2.75) is 33.1 Å². The predicted molar refractivity (Wildman–Crippen MR) is 105 cm³/mol. The largest absolute Gasteiger partial charge is 0.384 e. The van der Waals surface area contributed by atoms with E-state index in [1.807, 2.05) is 26.0 Å². The highest BCUT2D eigenvalue weighted by molar-refractivity contribution is 5.94. The monoisotopic (exact) mass is 366 g/mol. The number of anilines is 1. The Morgan fingerprint density at radius 3 is 2.63 bits per heavy atom. The van der Waals surface area contributed by atoms with Crippen molar-refractivity contribution in [3.63, 3.8) is 0 Å². The average Bonchev–Trinajstić information content (AvgIpc) is 2.68. The SMILES string of the molecule is CC(C)CC(=O)[C@H]1CCCN(C(=O)c2ccc(-c3ccc(N)nc3)nc2)C1. The molecule has 0 aliphatic carbocycles. The second-order valence-corrected chi connectivity index (χ2v) is 7.56. The minimum atomic E-state index is -0.0634. The number of rotatable bonds is 5. The van der Waals surface area contributed by atoms with Gasteiger partial charge in [-0.15, -0.1) is 0 Å². The standard InChI is InChI=1S/C21H26N4O2/c1-14(2)10-19(26)17-4-3-9-25(13-17)21(27)16-5-7-18(23-12-16)15-6-8-20(22)24-11-15/h5-8,11-12,14,17H,3-4,9-10,13H2,1-2H3,(H2,22,24)/t17-/m0/s1. The van der Waals surface area contributed by atoms with Gasteiger partial charge in [0.25, 0.3) is 5.91 Å². The Morgan fingerprint density at radius 2 is 2.00 bits per heavy atom. The summed E-state index contributed by atoms with van der Waals surface area (Å²) in [7, 11) is 0. The lowest BCUT2D eigenvalue weighted by atomic mass is 9.89. The predicted octanol–water partition coefficient (Wildman–Crippen LogP) is 3.19. The maximum Gasteiger partial charge on any atom is 0.255 e. The number of carbonyl (C=O) groups is 2. The number of aromatic nitrogens is 2. The van der Waals surface area contributed by atoms with Crippen LogP contribution in [-0.2, 0) is 4.79 Å². The van der Waals surface area contributed by atoms with Gasteiger partial charge in [0.05, 0.1) is 11.3 Å². The molecule has 2 aromatic rings. The average molecular weight is 366 g/mol. The summed E-state index contributed by atoms with van der Waals surface area (Å²) >= 11 is 0. The molecule has 3 rings (SSSR count). The van der Waals surface area contributed by atoms with E-state index in [1.54, 1.807) is 29.4 Å². The van der Waals surface area contributed by atoms with Crippen LogP contribution in [0.1, 0.15) is 43.5 Å². The lowest BCUT2D eigenvalue weighted by Gasteiger charge is -2.32. The zero-order chi connectivity index (χ0) is 19.4. The number of carbonyl (C=O) groups excluding carboxylic acids is 2. The molecule has 1 amide bonds. The number of hydrogen-bond acceptors (Lipinski definition) is 5. The van der Waals surface area contributed by atoms with Gasteiger partial charge in [-0.2, -0.15) is 0 Å². The van der Waals surface area contributed by atoms with Crippen LogP contribution in [0.5, 0.6) is 0 Å². The number of Topliss-reactive ketones (excluding diaryl/α,β-unsaturated/α-hetero) is 1. The van der Waals surface area contributed by atoms with E-state index in [0.717, 1.165) is 24.1 Å².